The summed E-state index contributed by atoms with van der Waals surface area (Å²) in [5.74, 6) is 0.709. The van der Waals surface area contributed by atoms with Crippen LogP contribution in [0.15, 0.2) is 36.4 Å². The Morgan fingerprint density at radius 2 is 1.26 bits per heavy atom. The van der Waals surface area contributed by atoms with Crippen LogP contribution in [0.1, 0.15) is 63.8 Å². The second-order valence-electron chi connectivity index (χ2n) is 8.35. The van der Waals surface area contributed by atoms with Crippen molar-refractivity contribution in [3.8, 4) is 11.5 Å². The van der Waals surface area contributed by atoms with Crippen LogP contribution in [-0.4, -0.2) is 10.2 Å². The maximum atomic E-state index is 10.8. The Morgan fingerprint density at radius 3 is 1.70 bits per heavy atom. The van der Waals surface area contributed by atoms with Crippen molar-refractivity contribution in [2.45, 2.75) is 58.8 Å². The largest absolute Gasteiger partial charge is 0.508 e. The van der Waals surface area contributed by atoms with Gasteiger partial charge >= 0.3 is 0 Å². The molecule has 0 saturated heterocycles. The summed E-state index contributed by atoms with van der Waals surface area (Å²) in [6.45, 7) is 12.7. The fraction of sp³-hybridized carbons (Fsp3) is 0.429. The van der Waals surface area contributed by atoms with Gasteiger partial charge in [-0.1, -0.05) is 71.9 Å². The topological polar surface area (TPSA) is 40.5 Å². The van der Waals surface area contributed by atoms with Crippen LogP contribution in [0.25, 0.3) is 0 Å². The first-order valence-corrected chi connectivity index (χ1v) is 8.14. The molecule has 0 saturated carbocycles. The van der Waals surface area contributed by atoms with Gasteiger partial charge in [-0.15, -0.1) is 0 Å². The molecule has 0 unspecified atom stereocenters. The van der Waals surface area contributed by atoms with Gasteiger partial charge < -0.3 is 10.2 Å². The third-order valence-electron chi connectivity index (χ3n) is 4.17. The number of phenols is 2. The zero-order valence-electron chi connectivity index (χ0n) is 15.1. The normalized spacial score (nSPS) is 12.4. The lowest BCUT2D eigenvalue weighted by Crippen LogP contribution is -2.18. The van der Waals surface area contributed by atoms with E-state index in [9.17, 15) is 10.2 Å². The van der Waals surface area contributed by atoms with Gasteiger partial charge in [0.05, 0.1) is 0 Å². The molecule has 2 aromatic rings. The van der Waals surface area contributed by atoms with Gasteiger partial charge in [-0.2, -0.15) is 0 Å². The SMILES string of the molecule is CC(C)(C)c1cc(Cc2ccccc2O)cc(C(C)(C)C)c1O. The molecule has 0 aliphatic carbocycles. The van der Waals surface area contributed by atoms with Crippen molar-refractivity contribution in [1.29, 1.82) is 0 Å². The van der Waals surface area contributed by atoms with Gasteiger partial charge in [-0.05, 0) is 39.2 Å². The van der Waals surface area contributed by atoms with E-state index in [0.29, 0.717) is 17.9 Å². The van der Waals surface area contributed by atoms with Crippen LogP contribution < -0.4 is 0 Å². The Bertz CT molecular complexity index is 666. The lowest BCUT2D eigenvalue weighted by atomic mass is 9.78. The summed E-state index contributed by atoms with van der Waals surface area (Å²) in [4.78, 5) is 0. The minimum Gasteiger partial charge on any atom is -0.508 e. The minimum atomic E-state index is -0.140. The lowest BCUT2D eigenvalue weighted by molar-refractivity contribution is 0.422. The summed E-state index contributed by atoms with van der Waals surface area (Å²) >= 11 is 0. The predicted molar refractivity (Wildman–Crippen MR) is 96.4 cm³/mol. The van der Waals surface area contributed by atoms with Gasteiger partial charge in [-0.25, -0.2) is 0 Å². The van der Waals surface area contributed by atoms with E-state index in [0.717, 1.165) is 22.3 Å². The van der Waals surface area contributed by atoms with Crippen molar-refractivity contribution < 1.29 is 10.2 Å². The Balaban J connectivity index is 2.59. The first kappa shape index (κ1) is 17.4. The molecule has 0 amide bonds. The molecule has 2 aromatic carbocycles. The van der Waals surface area contributed by atoms with E-state index in [1.165, 1.54) is 0 Å². The Labute approximate surface area is 139 Å². The molecule has 23 heavy (non-hydrogen) atoms. The highest BCUT2D eigenvalue weighted by molar-refractivity contribution is 5.51. The summed E-state index contributed by atoms with van der Waals surface area (Å²) in [6.07, 6.45) is 0.652. The summed E-state index contributed by atoms with van der Waals surface area (Å²) in [5, 5.41) is 20.8. The number of phenolic OH excluding ortho intramolecular Hbond substituents is 2. The van der Waals surface area contributed by atoms with E-state index in [1.54, 1.807) is 6.07 Å². The summed E-state index contributed by atoms with van der Waals surface area (Å²) in [6, 6.07) is 11.6. The van der Waals surface area contributed by atoms with Gasteiger partial charge in [-0.3, -0.25) is 0 Å². The highest BCUT2D eigenvalue weighted by Crippen LogP contribution is 2.40. The quantitative estimate of drug-likeness (QED) is 0.791. The molecule has 0 heterocycles. The first-order valence-electron chi connectivity index (χ1n) is 8.14. The van der Waals surface area contributed by atoms with Gasteiger partial charge in [0.2, 0.25) is 0 Å². The van der Waals surface area contributed by atoms with E-state index >= 15 is 0 Å². The van der Waals surface area contributed by atoms with E-state index < -0.39 is 0 Å². The molecule has 2 N–H and O–H groups in total. The van der Waals surface area contributed by atoms with E-state index in [1.807, 2.05) is 18.2 Å². The van der Waals surface area contributed by atoms with Crippen molar-refractivity contribution in [3.05, 3.63) is 58.7 Å². The first-order chi connectivity index (χ1) is 10.5. The van der Waals surface area contributed by atoms with Crippen LogP contribution >= 0.6 is 0 Å². The van der Waals surface area contributed by atoms with Gasteiger partial charge in [0.15, 0.2) is 0 Å². The molecule has 0 bridgehead atoms. The molecule has 124 valence electrons. The average Bonchev–Trinajstić information content (AvgIpc) is 2.40. The number of hydrogen-bond donors (Lipinski definition) is 2. The molecule has 0 radical (unpaired) electrons. The van der Waals surface area contributed by atoms with E-state index in [-0.39, 0.29) is 10.8 Å². The molecular formula is C21H28O2. The Morgan fingerprint density at radius 1 is 0.783 bits per heavy atom. The number of benzene rings is 2. The van der Waals surface area contributed by atoms with Crippen LogP contribution in [0.4, 0.5) is 0 Å². The number of hydrogen-bond acceptors (Lipinski definition) is 2. The second kappa shape index (κ2) is 5.92. The van der Waals surface area contributed by atoms with Crippen LogP contribution in [0, 0.1) is 0 Å². The molecule has 0 spiro atoms. The zero-order valence-corrected chi connectivity index (χ0v) is 15.1. The molecule has 0 fully saturated rings. The van der Waals surface area contributed by atoms with Crippen LogP contribution in [0.3, 0.4) is 0 Å². The smallest absolute Gasteiger partial charge is 0.123 e. The summed E-state index contributed by atoms with van der Waals surface area (Å²) < 4.78 is 0. The fourth-order valence-electron chi connectivity index (χ4n) is 2.82. The molecule has 0 atom stereocenters. The van der Waals surface area contributed by atoms with Crippen LogP contribution in [-0.2, 0) is 17.3 Å². The van der Waals surface area contributed by atoms with Gasteiger partial charge in [0.1, 0.15) is 11.5 Å². The second-order valence-corrected chi connectivity index (χ2v) is 8.35. The zero-order chi connectivity index (χ0) is 17.4. The lowest BCUT2D eigenvalue weighted by Gasteiger charge is -2.28. The van der Waals surface area contributed by atoms with Crippen molar-refractivity contribution in [2.75, 3.05) is 0 Å². The predicted octanol–water partition coefficient (Wildman–Crippen LogP) is 5.28. The van der Waals surface area contributed by atoms with Crippen molar-refractivity contribution in [1.82, 2.24) is 0 Å². The number of rotatable bonds is 2. The van der Waals surface area contributed by atoms with Crippen molar-refractivity contribution in [3.63, 3.8) is 0 Å². The maximum Gasteiger partial charge on any atom is 0.123 e. The minimum absolute atomic E-state index is 0.140. The third kappa shape index (κ3) is 3.87. The molecule has 0 aliphatic heterocycles. The number of aromatic hydroxyl groups is 2. The monoisotopic (exact) mass is 312 g/mol. The third-order valence-corrected chi connectivity index (χ3v) is 4.17. The van der Waals surface area contributed by atoms with Crippen molar-refractivity contribution in [2.24, 2.45) is 0 Å². The van der Waals surface area contributed by atoms with Crippen LogP contribution in [0.2, 0.25) is 0 Å². The number of para-hydroxylation sites is 1. The highest BCUT2D eigenvalue weighted by Gasteiger charge is 2.26. The Hall–Kier alpha value is -1.96. The molecule has 2 heteroatoms. The maximum absolute atomic E-state index is 10.8. The fourth-order valence-corrected chi connectivity index (χ4v) is 2.82. The van der Waals surface area contributed by atoms with E-state index in [2.05, 4.69) is 53.7 Å². The average molecular weight is 312 g/mol. The van der Waals surface area contributed by atoms with Gasteiger partial charge in [0.25, 0.3) is 0 Å². The van der Waals surface area contributed by atoms with Crippen molar-refractivity contribution >= 4 is 0 Å². The molecule has 0 aliphatic rings. The standard InChI is InChI=1S/C21H28O2/c1-20(2,3)16-12-14(11-15-9-7-8-10-18(15)22)13-17(19(16)23)21(4,5)6/h7-10,12-13,22-23H,11H2,1-6H3. The Kier molecular flexibility index (Phi) is 4.48. The van der Waals surface area contributed by atoms with E-state index in [4.69, 9.17) is 0 Å². The summed E-state index contributed by atoms with van der Waals surface area (Å²) in [5.41, 5.74) is 3.64. The summed E-state index contributed by atoms with van der Waals surface area (Å²) in [7, 11) is 0. The highest BCUT2D eigenvalue weighted by atomic mass is 16.3. The molecule has 2 rings (SSSR count). The van der Waals surface area contributed by atoms with Gasteiger partial charge in [0, 0.05) is 6.42 Å². The van der Waals surface area contributed by atoms with Crippen LogP contribution in [0.5, 0.6) is 11.5 Å². The molecule has 2 nitrogen and oxygen atoms in total. The molecular weight excluding hydrogens is 284 g/mol. The molecule has 0 aromatic heterocycles.